The lowest BCUT2D eigenvalue weighted by atomic mass is 10.0. The minimum Gasteiger partial charge on any atom is -0.462 e. The topological polar surface area (TPSA) is 78.9 Å². The molecule has 0 aliphatic carbocycles. The smallest absolute Gasteiger partial charge is 0.306 e. The van der Waals surface area contributed by atoms with Crippen molar-refractivity contribution in [2.24, 2.45) is 0 Å². The standard InChI is InChI=1S/C72H130O6/c1-4-7-10-13-16-18-20-22-24-26-28-30-31-32-33-34-35-36-37-38-39-40-41-43-44-46-48-50-52-54-56-59-62-65-71(74)77-68-69(67-76-70(73)64-61-58-15-12-9-6-3)78-72(75)66-63-60-57-55-53-51-49-47-45-42-29-27-25-23-21-19-17-14-11-8-5-2/h20-23,26-29,45,47,69H,4-19,24-25,30-44,46,48-68H2,1-3H3/b22-20-,23-21-,28-26-,29-27-,47-45-. The summed E-state index contributed by atoms with van der Waals surface area (Å²) in [4.78, 5) is 38.0. The number of rotatable bonds is 63. The molecule has 0 radical (unpaired) electrons. The Labute approximate surface area is 485 Å². The van der Waals surface area contributed by atoms with Crippen molar-refractivity contribution in [1.29, 1.82) is 0 Å². The first kappa shape index (κ1) is 75.1. The second-order valence-corrected chi connectivity index (χ2v) is 23.1. The summed E-state index contributed by atoms with van der Waals surface area (Å²) in [5.41, 5.74) is 0. The van der Waals surface area contributed by atoms with E-state index in [4.69, 9.17) is 14.2 Å². The summed E-state index contributed by atoms with van der Waals surface area (Å²) in [5.74, 6) is -0.881. The van der Waals surface area contributed by atoms with Crippen LogP contribution in [0.3, 0.4) is 0 Å². The first-order valence-corrected chi connectivity index (χ1v) is 34.3. The summed E-state index contributed by atoms with van der Waals surface area (Å²) in [6.45, 7) is 6.59. The highest BCUT2D eigenvalue weighted by molar-refractivity contribution is 5.71. The molecule has 0 aliphatic heterocycles. The van der Waals surface area contributed by atoms with Gasteiger partial charge < -0.3 is 14.2 Å². The van der Waals surface area contributed by atoms with Gasteiger partial charge in [0.25, 0.3) is 0 Å². The van der Waals surface area contributed by atoms with Crippen LogP contribution in [0, 0.1) is 0 Å². The molecule has 0 spiro atoms. The zero-order valence-electron chi connectivity index (χ0n) is 52.2. The van der Waals surface area contributed by atoms with Crippen molar-refractivity contribution in [2.75, 3.05) is 13.2 Å². The second kappa shape index (κ2) is 66.6. The van der Waals surface area contributed by atoms with Crippen molar-refractivity contribution in [2.45, 2.75) is 367 Å². The number of carbonyl (C=O) groups is 3. The maximum Gasteiger partial charge on any atom is 0.306 e. The molecule has 0 bridgehead atoms. The van der Waals surface area contributed by atoms with Gasteiger partial charge in [-0.3, -0.25) is 14.4 Å². The normalized spacial score (nSPS) is 12.4. The van der Waals surface area contributed by atoms with Crippen molar-refractivity contribution >= 4 is 17.9 Å². The number of unbranched alkanes of at least 4 members (excludes halogenated alkanes) is 42. The van der Waals surface area contributed by atoms with Gasteiger partial charge in [-0.1, -0.05) is 313 Å². The fraction of sp³-hybridized carbons (Fsp3) is 0.819. The third-order valence-corrected chi connectivity index (χ3v) is 15.2. The monoisotopic (exact) mass is 1090 g/mol. The summed E-state index contributed by atoms with van der Waals surface area (Å²) < 4.78 is 16.8. The predicted octanol–water partition coefficient (Wildman–Crippen LogP) is 23.5. The summed E-state index contributed by atoms with van der Waals surface area (Å²) in [6, 6.07) is 0. The molecular weight excluding hydrogens is 961 g/mol. The molecule has 0 aliphatic rings. The number of ether oxygens (including phenoxy) is 3. The molecule has 78 heavy (non-hydrogen) atoms. The summed E-state index contributed by atoms with van der Waals surface area (Å²) in [6.07, 6.45) is 85.8. The van der Waals surface area contributed by atoms with E-state index in [-0.39, 0.29) is 31.1 Å². The Morgan fingerprint density at radius 2 is 0.462 bits per heavy atom. The van der Waals surface area contributed by atoms with Gasteiger partial charge in [-0.25, -0.2) is 0 Å². The molecule has 0 rings (SSSR count). The van der Waals surface area contributed by atoms with E-state index in [1.165, 1.54) is 238 Å². The van der Waals surface area contributed by atoms with E-state index in [2.05, 4.69) is 81.5 Å². The van der Waals surface area contributed by atoms with E-state index >= 15 is 0 Å². The van der Waals surface area contributed by atoms with Crippen LogP contribution < -0.4 is 0 Å². The molecule has 0 saturated carbocycles. The minimum atomic E-state index is -0.777. The first-order valence-electron chi connectivity index (χ1n) is 34.3. The van der Waals surface area contributed by atoms with Crippen LogP contribution in [0.2, 0.25) is 0 Å². The molecule has 0 amide bonds. The fourth-order valence-electron chi connectivity index (χ4n) is 10.1. The maximum atomic E-state index is 12.8. The maximum absolute atomic E-state index is 12.8. The third kappa shape index (κ3) is 63.9. The third-order valence-electron chi connectivity index (χ3n) is 15.2. The van der Waals surface area contributed by atoms with E-state index in [0.29, 0.717) is 19.3 Å². The van der Waals surface area contributed by atoms with Gasteiger partial charge in [-0.2, -0.15) is 0 Å². The van der Waals surface area contributed by atoms with Gasteiger partial charge in [0.1, 0.15) is 13.2 Å². The van der Waals surface area contributed by atoms with Crippen LogP contribution in [0.15, 0.2) is 60.8 Å². The van der Waals surface area contributed by atoms with E-state index in [1.54, 1.807) is 0 Å². The highest BCUT2D eigenvalue weighted by Gasteiger charge is 2.19. The lowest BCUT2D eigenvalue weighted by Crippen LogP contribution is -2.30. The molecule has 1 unspecified atom stereocenters. The Bertz CT molecular complexity index is 1390. The number of esters is 3. The van der Waals surface area contributed by atoms with E-state index in [0.717, 1.165) is 83.5 Å². The van der Waals surface area contributed by atoms with Crippen LogP contribution in [0.5, 0.6) is 0 Å². The van der Waals surface area contributed by atoms with E-state index in [9.17, 15) is 14.4 Å². The molecule has 6 nitrogen and oxygen atoms in total. The lowest BCUT2D eigenvalue weighted by molar-refractivity contribution is -0.167. The van der Waals surface area contributed by atoms with Gasteiger partial charge >= 0.3 is 17.9 Å². The van der Waals surface area contributed by atoms with E-state index < -0.39 is 6.10 Å². The minimum absolute atomic E-state index is 0.0759. The highest BCUT2D eigenvalue weighted by atomic mass is 16.6. The largest absolute Gasteiger partial charge is 0.462 e. The van der Waals surface area contributed by atoms with E-state index in [1.807, 2.05) is 0 Å². The summed E-state index contributed by atoms with van der Waals surface area (Å²) >= 11 is 0. The second-order valence-electron chi connectivity index (χ2n) is 23.1. The molecular formula is C72H130O6. The lowest BCUT2D eigenvalue weighted by Gasteiger charge is -2.18. The number of hydrogen-bond donors (Lipinski definition) is 0. The molecule has 1 atom stereocenters. The van der Waals surface area contributed by atoms with Crippen molar-refractivity contribution in [1.82, 2.24) is 0 Å². The van der Waals surface area contributed by atoms with Gasteiger partial charge in [0.15, 0.2) is 6.10 Å². The number of carbonyl (C=O) groups excluding carboxylic acids is 3. The Balaban J connectivity index is 3.98. The molecule has 0 fully saturated rings. The highest BCUT2D eigenvalue weighted by Crippen LogP contribution is 2.18. The summed E-state index contributed by atoms with van der Waals surface area (Å²) in [7, 11) is 0. The number of allylic oxidation sites excluding steroid dienone is 10. The SMILES string of the molecule is CCCCCCC/C=C\C/C=C\C/C=C\CCCCCCCCC(=O)OC(COC(=O)CCCCCCCC)COC(=O)CCCCCCCCCCCCCCCCCCCCCCC/C=C\C/C=C\CCCCCCC. The molecule has 0 saturated heterocycles. The molecule has 6 heteroatoms. The average Bonchev–Trinajstić information content (AvgIpc) is 3.44. The molecule has 454 valence electrons. The predicted molar refractivity (Wildman–Crippen MR) is 339 cm³/mol. The van der Waals surface area contributed by atoms with Crippen LogP contribution in [0.1, 0.15) is 361 Å². The van der Waals surface area contributed by atoms with Gasteiger partial charge in [0.2, 0.25) is 0 Å². The summed E-state index contributed by atoms with van der Waals surface area (Å²) in [5, 5.41) is 0. The molecule has 0 aromatic rings. The van der Waals surface area contributed by atoms with Gasteiger partial charge in [-0.15, -0.1) is 0 Å². The molecule has 0 heterocycles. The van der Waals surface area contributed by atoms with Crippen LogP contribution in [-0.4, -0.2) is 37.2 Å². The van der Waals surface area contributed by atoms with Crippen LogP contribution in [-0.2, 0) is 28.6 Å². The van der Waals surface area contributed by atoms with Crippen LogP contribution in [0.25, 0.3) is 0 Å². The Kier molecular flexibility index (Phi) is 64.2. The van der Waals surface area contributed by atoms with Crippen LogP contribution in [0.4, 0.5) is 0 Å². The molecule has 0 aromatic heterocycles. The Hall–Kier alpha value is -2.89. The van der Waals surface area contributed by atoms with Crippen molar-refractivity contribution in [3.63, 3.8) is 0 Å². The Morgan fingerprint density at radius 3 is 0.718 bits per heavy atom. The number of hydrogen-bond acceptors (Lipinski definition) is 6. The van der Waals surface area contributed by atoms with Crippen LogP contribution >= 0.6 is 0 Å². The van der Waals surface area contributed by atoms with Crippen molar-refractivity contribution < 1.29 is 28.6 Å². The van der Waals surface area contributed by atoms with Gasteiger partial charge in [0.05, 0.1) is 0 Å². The van der Waals surface area contributed by atoms with Gasteiger partial charge in [-0.05, 0) is 89.9 Å². The molecule has 0 aromatic carbocycles. The van der Waals surface area contributed by atoms with Crippen molar-refractivity contribution in [3.05, 3.63) is 60.8 Å². The first-order chi connectivity index (χ1) is 38.5. The zero-order chi connectivity index (χ0) is 56.4. The zero-order valence-corrected chi connectivity index (χ0v) is 52.2. The fourth-order valence-corrected chi connectivity index (χ4v) is 10.1. The molecule has 0 N–H and O–H groups in total. The van der Waals surface area contributed by atoms with Crippen molar-refractivity contribution in [3.8, 4) is 0 Å². The average molecular weight is 1090 g/mol. The Morgan fingerprint density at radius 1 is 0.256 bits per heavy atom. The quantitative estimate of drug-likeness (QED) is 0.0261. The van der Waals surface area contributed by atoms with Gasteiger partial charge in [0, 0.05) is 19.3 Å².